The highest BCUT2D eigenvalue weighted by atomic mass is 35.5. The monoisotopic (exact) mass is 260 g/mol. The van der Waals surface area contributed by atoms with Crippen molar-refractivity contribution in [3.8, 4) is 0 Å². The van der Waals surface area contributed by atoms with Gasteiger partial charge >= 0.3 is 0 Å². The van der Waals surface area contributed by atoms with E-state index in [1.807, 2.05) is 0 Å². The van der Waals surface area contributed by atoms with Gasteiger partial charge in [-0.2, -0.15) is 8.42 Å². The minimum absolute atomic E-state index is 0.0982. The van der Waals surface area contributed by atoms with E-state index in [1.54, 1.807) is 0 Å². The molecule has 1 aromatic rings. The molecule has 0 aromatic carbocycles. The van der Waals surface area contributed by atoms with Crippen LogP contribution in [0.4, 0.5) is 0 Å². The predicted molar refractivity (Wildman–Crippen MR) is 57.8 cm³/mol. The van der Waals surface area contributed by atoms with E-state index in [0.29, 0.717) is 12.3 Å². The zero-order valence-electron chi connectivity index (χ0n) is 8.26. The number of pyridine rings is 1. The van der Waals surface area contributed by atoms with Gasteiger partial charge in [-0.05, 0) is 18.6 Å². The molecule has 0 N–H and O–H groups in total. The van der Waals surface area contributed by atoms with E-state index in [0.717, 1.165) is 4.31 Å². The Hall–Kier alpha value is -1.14. The van der Waals surface area contributed by atoms with Gasteiger partial charge in [0.15, 0.2) is 5.03 Å². The molecule has 7 heteroatoms. The van der Waals surface area contributed by atoms with E-state index in [4.69, 9.17) is 11.6 Å². The SMILES string of the molecule is O=C1c2cccnc2S(=O)(=O)N1CCCCl. The molecule has 2 rings (SSSR count). The Morgan fingerprint density at radius 2 is 2.19 bits per heavy atom. The maximum Gasteiger partial charge on any atom is 0.285 e. The fourth-order valence-electron chi connectivity index (χ4n) is 1.53. The van der Waals surface area contributed by atoms with Gasteiger partial charge in [-0.25, -0.2) is 9.29 Å². The Balaban J connectivity index is 2.46. The lowest BCUT2D eigenvalue weighted by molar-refractivity contribution is 0.0871. The van der Waals surface area contributed by atoms with Crippen LogP contribution in [0.25, 0.3) is 0 Å². The van der Waals surface area contributed by atoms with Crippen LogP contribution >= 0.6 is 11.6 Å². The highest BCUT2D eigenvalue weighted by molar-refractivity contribution is 7.90. The lowest BCUT2D eigenvalue weighted by Gasteiger charge is -2.13. The van der Waals surface area contributed by atoms with Crippen molar-refractivity contribution in [3.05, 3.63) is 23.9 Å². The Labute approximate surface area is 98.1 Å². The van der Waals surface area contributed by atoms with E-state index in [-0.39, 0.29) is 17.1 Å². The molecule has 0 atom stereocenters. The summed E-state index contributed by atoms with van der Waals surface area (Å²) in [6.45, 7) is 0.0982. The molecule has 1 aliphatic heterocycles. The topological polar surface area (TPSA) is 67.3 Å². The molecule has 0 radical (unpaired) electrons. The standard InChI is InChI=1S/C9H9ClN2O3S/c10-4-2-6-12-9(13)7-3-1-5-11-8(7)16(12,14)15/h1,3,5H,2,4,6H2. The lowest BCUT2D eigenvalue weighted by Crippen LogP contribution is -2.31. The maximum atomic E-state index is 11.9. The van der Waals surface area contributed by atoms with Crippen molar-refractivity contribution in [2.45, 2.75) is 11.4 Å². The maximum absolute atomic E-state index is 11.9. The molecule has 0 fully saturated rings. The normalized spacial score (nSPS) is 17.6. The Morgan fingerprint density at radius 3 is 2.81 bits per heavy atom. The third-order valence-corrected chi connectivity index (χ3v) is 4.27. The summed E-state index contributed by atoms with van der Waals surface area (Å²) in [5.41, 5.74) is 0.136. The van der Waals surface area contributed by atoms with E-state index >= 15 is 0 Å². The number of sulfonamides is 1. The predicted octanol–water partition coefficient (Wildman–Crippen LogP) is 0.855. The highest BCUT2D eigenvalue weighted by Crippen LogP contribution is 2.27. The molecule has 0 bridgehead atoms. The third kappa shape index (κ3) is 1.58. The van der Waals surface area contributed by atoms with Crippen molar-refractivity contribution in [1.82, 2.24) is 9.29 Å². The second-order valence-corrected chi connectivity index (χ2v) is 5.44. The molecule has 1 aliphatic rings. The third-order valence-electron chi connectivity index (χ3n) is 2.26. The van der Waals surface area contributed by atoms with Crippen LogP contribution in [0.3, 0.4) is 0 Å². The van der Waals surface area contributed by atoms with Gasteiger partial charge in [0.05, 0.1) is 5.56 Å². The summed E-state index contributed by atoms with van der Waals surface area (Å²) < 4.78 is 24.6. The van der Waals surface area contributed by atoms with Gasteiger partial charge in [-0.15, -0.1) is 11.6 Å². The Morgan fingerprint density at radius 1 is 1.44 bits per heavy atom. The molecular formula is C9H9ClN2O3S. The molecule has 5 nitrogen and oxygen atoms in total. The molecule has 0 aliphatic carbocycles. The highest BCUT2D eigenvalue weighted by Gasteiger charge is 2.41. The smallest absolute Gasteiger partial charge is 0.268 e. The summed E-state index contributed by atoms with van der Waals surface area (Å²) in [6, 6.07) is 3.00. The molecule has 0 spiro atoms. The number of halogens is 1. The molecule has 16 heavy (non-hydrogen) atoms. The molecule has 0 saturated carbocycles. The summed E-state index contributed by atoms with van der Waals surface area (Å²) in [5.74, 6) is -0.212. The minimum Gasteiger partial charge on any atom is -0.268 e. The summed E-state index contributed by atoms with van der Waals surface area (Å²) >= 11 is 5.48. The van der Waals surface area contributed by atoms with Crippen LogP contribution in [0, 0.1) is 0 Å². The van der Waals surface area contributed by atoms with E-state index in [1.165, 1.54) is 18.3 Å². The number of hydrogen-bond acceptors (Lipinski definition) is 4. The fourth-order valence-corrected chi connectivity index (χ4v) is 3.17. The Bertz CT molecular complexity index is 529. The number of carbonyl (C=O) groups excluding carboxylic acids is 1. The van der Waals surface area contributed by atoms with Crippen LogP contribution < -0.4 is 0 Å². The first-order valence-electron chi connectivity index (χ1n) is 4.67. The molecule has 86 valence electrons. The first-order chi connectivity index (χ1) is 7.59. The number of hydrogen-bond donors (Lipinski definition) is 0. The quantitative estimate of drug-likeness (QED) is 0.756. The zero-order valence-corrected chi connectivity index (χ0v) is 9.83. The van der Waals surface area contributed by atoms with Gasteiger partial charge < -0.3 is 0 Å². The Kier molecular flexibility index (Phi) is 2.86. The van der Waals surface area contributed by atoms with Gasteiger partial charge in [0.2, 0.25) is 0 Å². The molecular weight excluding hydrogens is 252 g/mol. The summed E-state index contributed by atoms with van der Waals surface area (Å²) in [7, 11) is -3.75. The number of nitrogens with zero attached hydrogens (tertiary/aromatic N) is 2. The number of carbonyl (C=O) groups is 1. The van der Waals surface area contributed by atoms with Crippen LogP contribution in [0.1, 0.15) is 16.8 Å². The number of amides is 1. The minimum atomic E-state index is -3.75. The molecule has 0 unspecified atom stereocenters. The molecule has 0 saturated heterocycles. The lowest BCUT2D eigenvalue weighted by atomic mass is 10.2. The average Bonchev–Trinajstić information content (AvgIpc) is 2.46. The van der Waals surface area contributed by atoms with Gasteiger partial charge in [0, 0.05) is 18.6 Å². The second-order valence-electron chi connectivity index (χ2n) is 3.28. The molecule has 1 aromatic heterocycles. The van der Waals surface area contributed by atoms with Gasteiger partial charge in [-0.1, -0.05) is 0 Å². The van der Waals surface area contributed by atoms with Gasteiger partial charge in [0.25, 0.3) is 15.9 Å². The van der Waals surface area contributed by atoms with Crippen molar-refractivity contribution in [3.63, 3.8) is 0 Å². The van der Waals surface area contributed by atoms with Crippen LogP contribution in [-0.2, 0) is 10.0 Å². The van der Waals surface area contributed by atoms with E-state index < -0.39 is 15.9 Å². The molecule has 1 amide bonds. The average molecular weight is 261 g/mol. The van der Waals surface area contributed by atoms with Crippen molar-refractivity contribution in [2.75, 3.05) is 12.4 Å². The summed E-state index contributed by atoms with van der Waals surface area (Å²) in [5, 5.41) is -0.158. The van der Waals surface area contributed by atoms with Crippen LogP contribution in [-0.4, -0.2) is 36.0 Å². The van der Waals surface area contributed by atoms with Gasteiger partial charge in [-0.3, -0.25) is 4.79 Å². The van der Waals surface area contributed by atoms with Crippen molar-refractivity contribution >= 4 is 27.5 Å². The van der Waals surface area contributed by atoms with E-state index in [9.17, 15) is 13.2 Å². The summed E-state index contributed by atoms with van der Waals surface area (Å²) in [4.78, 5) is 15.5. The zero-order chi connectivity index (χ0) is 11.8. The number of alkyl halides is 1. The van der Waals surface area contributed by atoms with Crippen molar-refractivity contribution in [2.24, 2.45) is 0 Å². The number of fused-ring (bicyclic) bond motifs is 1. The fraction of sp³-hybridized carbons (Fsp3) is 0.333. The van der Waals surface area contributed by atoms with Crippen LogP contribution in [0.5, 0.6) is 0 Å². The largest absolute Gasteiger partial charge is 0.285 e. The van der Waals surface area contributed by atoms with Crippen LogP contribution in [0.15, 0.2) is 23.4 Å². The van der Waals surface area contributed by atoms with Gasteiger partial charge in [0.1, 0.15) is 0 Å². The van der Waals surface area contributed by atoms with Crippen molar-refractivity contribution < 1.29 is 13.2 Å². The number of aromatic nitrogens is 1. The van der Waals surface area contributed by atoms with Crippen LogP contribution in [0.2, 0.25) is 0 Å². The summed E-state index contributed by atoms with van der Waals surface area (Å²) in [6.07, 6.45) is 1.79. The first-order valence-corrected chi connectivity index (χ1v) is 6.64. The first kappa shape index (κ1) is 11.3. The van der Waals surface area contributed by atoms with Crippen molar-refractivity contribution in [1.29, 1.82) is 0 Å². The second kappa shape index (κ2) is 4.03. The van der Waals surface area contributed by atoms with E-state index in [2.05, 4.69) is 4.98 Å². The number of rotatable bonds is 3. The molecule has 2 heterocycles.